The lowest BCUT2D eigenvalue weighted by molar-refractivity contribution is 0.0746. The highest BCUT2D eigenvalue weighted by atomic mass is 16.5. The summed E-state index contributed by atoms with van der Waals surface area (Å²) in [7, 11) is 0. The van der Waals surface area contributed by atoms with E-state index in [1.54, 1.807) is 6.07 Å². The Morgan fingerprint density at radius 2 is 1.62 bits per heavy atom. The normalized spacial score (nSPS) is 13.4. The molecule has 40 heavy (non-hydrogen) atoms. The van der Waals surface area contributed by atoms with Gasteiger partial charge in [-0.05, 0) is 53.9 Å². The highest BCUT2D eigenvalue weighted by Gasteiger charge is 2.24. The fourth-order valence-corrected chi connectivity index (χ4v) is 5.20. The van der Waals surface area contributed by atoms with Gasteiger partial charge in [0.1, 0.15) is 12.4 Å². The van der Waals surface area contributed by atoms with E-state index in [0.29, 0.717) is 55.2 Å². The van der Waals surface area contributed by atoms with E-state index < -0.39 is 0 Å². The molecule has 7 nitrogen and oxygen atoms in total. The van der Waals surface area contributed by atoms with Gasteiger partial charge in [0.2, 0.25) is 5.95 Å². The standard InChI is InChI=1S/C33H30N4O3/c1-23-9-7-16-29(40-22-24-10-3-2-4-11-24)30(23)25-12-8-13-26(21-25)32(39)36-17-19-37(20-18-36)33-34-28-15-6-5-14-27(28)31(38)35-33/h2-16,21H,17-20,22H2,1H3,(H,34,35,38). The molecule has 4 aromatic carbocycles. The maximum absolute atomic E-state index is 13.5. The summed E-state index contributed by atoms with van der Waals surface area (Å²) in [4.78, 5) is 37.5. The number of hydrogen-bond acceptors (Lipinski definition) is 5. The van der Waals surface area contributed by atoms with E-state index in [1.165, 1.54) is 0 Å². The molecule has 1 fully saturated rings. The van der Waals surface area contributed by atoms with Gasteiger partial charge in [-0.25, -0.2) is 4.98 Å². The van der Waals surface area contributed by atoms with Gasteiger partial charge in [-0.1, -0.05) is 66.7 Å². The zero-order chi connectivity index (χ0) is 27.5. The third kappa shape index (κ3) is 5.18. The van der Waals surface area contributed by atoms with Crippen molar-refractivity contribution in [2.75, 3.05) is 31.1 Å². The van der Waals surface area contributed by atoms with E-state index in [-0.39, 0.29) is 11.5 Å². The molecule has 0 aliphatic carbocycles. The summed E-state index contributed by atoms with van der Waals surface area (Å²) in [5.41, 5.74) is 5.27. The van der Waals surface area contributed by atoms with Gasteiger partial charge in [0.15, 0.2) is 0 Å². The maximum atomic E-state index is 13.5. The number of carbonyl (C=O) groups is 1. The molecule has 7 heteroatoms. The summed E-state index contributed by atoms with van der Waals surface area (Å²) in [6.45, 7) is 4.77. The Hall–Kier alpha value is -4.91. The second-order valence-electron chi connectivity index (χ2n) is 9.99. The number of para-hydroxylation sites is 1. The SMILES string of the molecule is Cc1cccc(OCc2ccccc2)c1-c1cccc(C(=O)N2CCN(c3nc4ccccc4c(=O)[nH]3)CC2)c1. The molecular weight excluding hydrogens is 500 g/mol. The number of fused-ring (bicyclic) bond motifs is 1. The Bertz CT molecular complexity index is 1720. The van der Waals surface area contributed by atoms with Crippen molar-refractivity contribution >= 4 is 22.8 Å². The molecule has 1 N–H and O–H groups in total. The molecule has 1 saturated heterocycles. The van der Waals surface area contributed by atoms with Gasteiger partial charge < -0.3 is 14.5 Å². The average molecular weight is 531 g/mol. The number of piperazine rings is 1. The summed E-state index contributed by atoms with van der Waals surface area (Å²) < 4.78 is 6.23. The van der Waals surface area contributed by atoms with Crippen LogP contribution in [0.15, 0.2) is 102 Å². The first-order valence-electron chi connectivity index (χ1n) is 13.5. The van der Waals surface area contributed by atoms with Gasteiger partial charge in [0.05, 0.1) is 10.9 Å². The van der Waals surface area contributed by atoms with Crippen LogP contribution in [-0.4, -0.2) is 47.0 Å². The topological polar surface area (TPSA) is 78.5 Å². The van der Waals surface area contributed by atoms with E-state index in [9.17, 15) is 9.59 Å². The first-order chi connectivity index (χ1) is 19.6. The van der Waals surface area contributed by atoms with Gasteiger partial charge >= 0.3 is 0 Å². The Morgan fingerprint density at radius 1 is 0.875 bits per heavy atom. The number of aromatic amines is 1. The largest absolute Gasteiger partial charge is 0.488 e. The van der Waals surface area contributed by atoms with E-state index >= 15 is 0 Å². The second-order valence-corrected chi connectivity index (χ2v) is 9.99. The summed E-state index contributed by atoms with van der Waals surface area (Å²) in [6.07, 6.45) is 0. The molecule has 6 rings (SSSR count). The number of nitrogens with zero attached hydrogens (tertiary/aromatic N) is 3. The fourth-order valence-electron chi connectivity index (χ4n) is 5.20. The molecule has 1 aliphatic rings. The summed E-state index contributed by atoms with van der Waals surface area (Å²) in [5.74, 6) is 1.32. The minimum absolute atomic E-state index is 0.0122. The molecule has 0 radical (unpaired) electrons. The van der Waals surface area contributed by atoms with E-state index in [1.807, 2.05) is 94.7 Å². The van der Waals surface area contributed by atoms with Crippen LogP contribution in [0.3, 0.4) is 0 Å². The minimum atomic E-state index is -0.153. The lowest BCUT2D eigenvalue weighted by Crippen LogP contribution is -2.49. The Morgan fingerprint density at radius 3 is 2.45 bits per heavy atom. The molecule has 1 amide bonds. The first kappa shape index (κ1) is 25.4. The Kier molecular flexibility index (Phi) is 7.02. The zero-order valence-corrected chi connectivity index (χ0v) is 22.3. The number of hydrogen-bond donors (Lipinski definition) is 1. The van der Waals surface area contributed by atoms with Crippen LogP contribution in [0.1, 0.15) is 21.5 Å². The van der Waals surface area contributed by atoms with E-state index in [0.717, 1.165) is 28.0 Å². The quantitative estimate of drug-likeness (QED) is 0.316. The summed E-state index contributed by atoms with van der Waals surface area (Å²) in [6, 6.07) is 31.2. The molecule has 0 atom stereocenters. The minimum Gasteiger partial charge on any atom is -0.488 e. The number of rotatable bonds is 6. The predicted molar refractivity (Wildman–Crippen MR) is 158 cm³/mol. The molecule has 0 saturated carbocycles. The summed E-state index contributed by atoms with van der Waals surface area (Å²) >= 11 is 0. The number of amides is 1. The second kappa shape index (κ2) is 11.1. The number of ether oxygens (including phenoxy) is 1. The van der Waals surface area contributed by atoms with Crippen molar-refractivity contribution in [1.82, 2.24) is 14.9 Å². The first-order valence-corrected chi connectivity index (χ1v) is 13.5. The molecule has 2 heterocycles. The number of carbonyl (C=O) groups excluding carboxylic acids is 1. The number of benzene rings is 4. The van der Waals surface area contributed by atoms with Crippen LogP contribution in [0.2, 0.25) is 0 Å². The summed E-state index contributed by atoms with van der Waals surface area (Å²) in [5, 5.41) is 0.572. The highest BCUT2D eigenvalue weighted by Crippen LogP contribution is 2.34. The number of aromatic nitrogens is 2. The van der Waals surface area contributed by atoms with E-state index in [2.05, 4.69) is 23.0 Å². The smallest absolute Gasteiger partial charge is 0.260 e. The van der Waals surface area contributed by atoms with Crippen molar-refractivity contribution in [3.63, 3.8) is 0 Å². The molecule has 0 bridgehead atoms. The van der Waals surface area contributed by atoms with Gasteiger partial charge in [-0.15, -0.1) is 0 Å². The van der Waals surface area contributed by atoms with Gasteiger partial charge in [0.25, 0.3) is 11.5 Å². The monoisotopic (exact) mass is 530 g/mol. The maximum Gasteiger partial charge on any atom is 0.260 e. The van der Waals surface area contributed by atoms with E-state index in [4.69, 9.17) is 4.74 Å². The van der Waals surface area contributed by atoms with Crippen LogP contribution in [0.5, 0.6) is 5.75 Å². The molecule has 1 aromatic heterocycles. The Labute approximate surface area is 232 Å². The van der Waals surface area contributed by atoms with Gasteiger partial charge in [-0.3, -0.25) is 14.6 Å². The van der Waals surface area contributed by atoms with Gasteiger partial charge in [-0.2, -0.15) is 0 Å². The number of H-pyrrole nitrogens is 1. The molecule has 200 valence electrons. The molecule has 5 aromatic rings. The molecule has 1 aliphatic heterocycles. The number of nitrogens with one attached hydrogen (secondary N) is 1. The van der Waals surface area contributed by atoms with Crippen LogP contribution in [0.4, 0.5) is 5.95 Å². The number of aryl methyl sites for hydroxylation is 1. The van der Waals surface area contributed by atoms with Crippen molar-refractivity contribution in [3.05, 3.63) is 124 Å². The van der Waals surface area contributed by atoms with Crippen LogP contribution in [0, 0.1) is 6.92 Å². The van der Waals surface area contributed by atoms with Crippen LogP contribution < -0.4 is 15.2 Å². The Balaban J connectivity index is 1.18. The van der Waals surface area contributed by atoms with Crippen molar-refractivity contribution in [1.29, 1.82) is 0 Å². The molecular formula is C33H30N4O3. The zero-order valence-electron chi connectivity index (χ0n) is 22.3. The van der Waals surface area contributed by atoms with Gasteiger partial charge in [0, 0.05) is 37.3 Å². The van der Waals surface area contributed by atoms with Crippen molar-refractivity contribution < 1.29 is 9.53 Å². The average Bonchev–Trinajstić information content (AvgIpc) is 3.00. The number of anilines is 1. The van der Waals surface area contributed by atoms with Crippen molar-refractivity contribution in [2.24, 2.45) is 0 Å². The molecule has 0 spiro atoms. The third-order valence-corrected chi connectivity index (χ3v) is 7.34. The van der Waals surface area contributed by atoms with Crippen LogP contribution in [-0.2, 0) is 6.61 Å². The van der Waals surface area contributed by atoms with Crippen molar-refractivity contribution in [2.45, 2.75) is 13.5 Å². The lowest BCUT2D eigenvalue weighted by atomic mass is 9.97. The lowest BCUT2D eigenvalue weighted by Gasteiger charge is -2.35. The highest BCUT2D eigenvalue weighted by molar-refractivity contribution is 5.96. The predicted octanol–water partition coefficient (Wildman–Crippen LogP) is 5.44. The van der Waals surface area contributed by atoms with Crippen molar-refractivity contribution in [3.8, 4) is 16.9 Å². The van der Waals surface area contributed by atoms with Crippen LogP contribution >= 0.6 is 0 Å². The molecule has 0 unspecified atom stereocenters. The fraction of sp³-hybridized carbons (Fsp3) is 0.182. The third-order valence-electron chi connectivity index (χ3n) is 7.34. The van der Waals surface area contributed by atoms with Crippen LogP contribution in [0.25, 0.3) is 22.0 Å².